The highest BCUT2D eigenvalue weighted by molar-refractivity contribution is 7.85. The monoisotopic (exact) mass is 466 g/mol. The summed E-state index contributed by atoms with van der Waals surface area (Å²) in [5.41, 5.74) is 1.67. The van der Waals surface area contributed by atoms with Crippen molar-refractivity contribution in [2.24, 2.45) is 0 Å². The van der Waals surface area contributed by atoms with E-state index in [2.05, 4.69) is 10.1 Å². The summed E-state index contributed by atoms with van der Waals surface area (Å²) in [7, 11) is 1.43. The van der Waals surface area contributed by atoms with E-state index in [9.17, 15) is 13.0 Å². The Balaban J connectivity index is 1.83. The summed E-state index contributed by atoms with van der Waals surface area (Å²) in [4.78, 5) is 4.31. The molecular formula is C20H21ClN3O6S+. The highest BCUT2D eigenvalue weighted by Gasteiger charge is 2.33. The van der Waals surface area contributed by atoms with Gasteiger partial charge in [0.15, 0.2) is 11.5 Å². The molecule has 0 atom stereocenters. The van der Waals surface area contributed by atoms with Crippen LogP contribution in [0.1, 0.15) is 11.5 Å². The minimum atomic E-state index is -4.32. The van der Waals surface area contributed by atoms with Gasteiger partial charge in [-0.25, -0.2) is 4.55 Å². The van der Waals surface area contributed by atoms with Crippen molar-refractivity contribution in [1.82, 2.24) is 14.0 Å². The zero-order valence-electron chi connectivity index (χ0n) is 17.2. The minimum Gasteiger partial charge on any atom is -0.493 e. The van der Waals surface area contributed by atoms with Crippen LogP contribution < -0.4 is 13.4 Å². The lowest BCUT2D eigenvalue weighted by molar-refractivity contribution is 0.355. The summed E-state index contributed by atoms with van der Waals surface area (Å²) in [5.74, 6) is 1.51. The van der Waals surface area contributed by atoms with Crippen molar-refractivity contribution in [3.05, 3.63) is 52.9 Å². The van der Waals surface area contributed by atoms with Gasteiger partial charge in [-0.3, -0.25) is 0 Å². The predicted molar refractivity (Wildman–Crippen MR) is 118 cm³/mol. The molecule has 0 saturated heterocycles. The Bertz CT molecular complexity index is 1220. The summed E-state index contributed by atoms with van der Waals surface area (Å²) in [6.07, 6.45) is 3.31. The standard InChI is InChI=1S/C20H20ClN3O6S/c1-24(2,31(25,26)27)15-9-5-14(6-10-15)20-22-17(30-23-20)12-8-13-7-11-16(28-3)19(29-4)18(13)21/h5-12H,1-4H3/p+1/b12-8+. The summed E-state index contributed by atoms with van der Waals surface area (Å²) in [5, 5.41) is 4.32. The maximum Gasteiger partial charge on any atom is 0.437 e. The van der Waals surface area contributed by atoms with Crippen LogP contribution in [0, 0.1) is 0 Å². The lowest BCUT2D eigenvalue weighted by Crippen LogP contribution is -2.45. The van der Waals surface area contributed by atoms with Crippen LogP contribution in [-0.2, 0) is 10.3 Å². The van der Waals surface area contributed by atoms with Gasteiger partial charge >= 0.3 is 10.3 Å². The molecule has 0 spiro atoms. The second-order valence-corrected chi connectivity index (χ2v) is 9.03. The van der Waals surface area contributed by atoms with E-state index >= 15 is 0 Å². The summed E-state index contributed by atoms with van der Waals surface area (Å²) >= 11 is 6.36. The van der Waals surface area contributed by atoms with Gasteiger partial charge < -0.3 is 14.0 Å². The first-order valence-electron chi connectivity index (χ1n) is 8.93. The SMILES string of the molecule is COc1ccc(/C=C/c2nc(-c3ccc([N+](C)(C)S(=O)(=O)O)cc3)no2)c(Cl)c1OC. The molecule has 1 aromatic heterocycles. The molecule has 0 fully saturated rings. The van der Waals surface area contributed by atoms with Crippen LogP contribution >= 0.6 is 11.6 Å². The maximum absolute atomic E-state index is 11.6. The first-order chi connectivity index (χ1) is 14.6. The number of nitrogens with zero attached hydrogens (tertiary/aromatic N) is 3. The molecule has 0 bridgehead atoms. The van der Waals surface area contributed by atoms with Gasteiger partial charge in [0, 0.05) is 23.8 Å². The first kappa shape index (κ1) is 22.8. The predicted octanol–water partition coefficient (Wildman–Crippen LogP) is 3.95. The number of quaternary nitrogens is 1. The molecule has 0 saturated carbocycles. The molecule has 0 aliphatic rings. The molecule has 3 rings (SSSR count). The van der Waals surface area contributed by atoms with Crippen LogP contribution in [0.25, 0.3) is 23.5 Å². The quantitative estimate of drug-likeness (QED) is 0.411. The Hall–Kier alpha value is -2.92. The van der Waals surface area contributed by atoms with Crippen LogP contribution in [0.5, 0.6) is 11.5 Å². The van der Waals surface area contributed by atoms with Gasteiger partial charge in [-0.2, -0.15) is 8.87 Å². The summed E-state index contributed by atoms with van der Waals surface area (Å²) in [6, 6.07) is 9.92. The number of hydrogen-bond acceptors (Lipinski definition) is 7. The normalized spacial score (nSPS) is 12.3. The molecule has 11 heteroatoms. The molecule has 0 amide bonds. The molecule has 0 unspecified atom stereocenters. The fraction of sp³-hybridized carbons (Fsp3) is 0.200. The Morgan fingerprint density at radius 2 is 1.74 bits per heavy atom. The lowest BCUT2D eigenvalue weighted by atomic mass is 10.2. The third-order valence-electron chi connectivity index (χ3n) is 4.69. The highest BCUT2D eigenvalue weighted by Crippen LogP contribution is 2.38. The van der Waals surface area contributed by atoms with Gasteiger partial charge in [0.05, 0.1) is 33.3 Å². The molecule has 9 nitrogen and oxygen atoms in total. The molecule has 0 aliphatic heterocycles. The molecule has 3 aromatic rings. The average molecular weight is 467 g/mol. The van der Waals surface area contributed by atoms with Crippen molar-refractivity contribution in [2.75, 3.05) is 28.3 Å². The Morgan fingerprint density at radius 1 is 1.06 bits per heavy atom. The average Bonchev–Trinajstić information content (AvgIpc) is 3.21. The molecule has 164 valence electrons. The number of rotatable bonds is 7. The van der Waals surface area contributed by atoms with Gasteiger partial charge in [0.25, 0.3) is 5.89 Å². The number of benzene rings is 2. The third-order valence-corrected chi connectivity index (χ3v) is 6.44. The summed E-state index contributed by atoms with van der Waals surface area (Å²) in [6.45, 7) is 0. The van der Waals surface area contributed by atoms with Crippen molar-refractivity contribution in [1.29, 1.82) is 0 Å². The maximum atomic E-state index is 11.6. The fourth-order valence-electron chi connectivity index (χ4n) is 2.72. The van der Waals surface area contributed by atoms with Crippen LogP contribution in [0.4, 0.5) is 5.69 Å². The number of ether oxygens (including phenoxy) is 2. The third kappa shape index (κ3) is 4.57. The topological polar surface area (TPSA) is 112 Å². The highest BCUT2D eigenvalue weighted by atomic mass is 35.5. The number of methoxy groups -OCH3 is 2. The van der Waals surface area contributed by atoms with E-state index in [1.807, 2.05) is 0 Å². The van der Waals surface area contributed by atoms with Gasteiger partial charge in [-0.1, -0.05) is 16.8 Å². The zero-order valence-corrected chi connectivity index (χ0v) is 18.8. The van der Waals surface area contributed by atoms with Gasteiger partial charge in [-0.05, 0) is 35.9 Å². The van der Waals surface area contributed by atoms with Crippen LogP contribution in [0.3, 0.4) is 0 Å². The smallest absolute Gasteiger partial charge is 0.437 e. The molecule has 1 heterocycles. The molecular weight excluding hydrogens is 446 g/mol. The summed E-state index contributed by atoms with van der Waals surface area (Å²) < 4.78 is 47.5. The van der Waals surface area contributed by atoms with Crippen molar-refractivity contribution in [2.45, 2.75) is 0 Å². The van der Waals surface area contributed by atoms with Crippen molar-refractivity contribution < 1.29 is 27.0 Å². The molecule has 1 N–H and O–H groups in total. The van der Waals surface area contributed by atoms with E-state index in [0.717, 1.165) is 0 Å². The molecule has 2 aromatic carbocycles. The largest absolute Gasteiger partial charge is 0.493 e. The number of aromatic nitrogens is 2. The molecule has 0 aliphatic carbocycles. The second kappa shape index (κ2) is 8.67. The Labute approximate surface area is 184 Å². The van der Waals surface area contributed by atoms with Crippen LogP contribution in [0.15, 0.2) is 40.9 Å². The van der Waals surface area contributed by atoms with E-state index in [-0.39, 0.29) is 5.89 Å². The molecule has 0 radical (unpaired) electrons. The first-order valence-corrected chi connectivity index (χ1v) is 10.7. The Kier molecular flexibility index (Phi) is 6.37. The fourth-order valence-corrected chi connectivity index (χ4v) is 3.40. The molecule has 31 heavy (non-hydrogen) atoms. The lowest BCUT2D eigenvalue weighted by Gasteiger charge is -2.23. The van der Waals surface area contributed by atoms with Gasteiger partial charge in [0.2, 0.25) is 5.82 Å². The van der Waals surface area contributed by atoms with E-state index < -0.39 is 14.2 Å². The minimum absolute atomic E-state index is 0.249. The van der Waals surface area contributed by atoms with Crippen molar-refractivity contribution in [3.63, 3.8) is 0 Å². The zero-order chi connectivity index (χ0) is 22.8. The van der Waals surface area contributed by atoms with E-state index in [1.165, 1.54) is 28.3 Å². The number of hydrogen-bond donors (Lipinski definition) is 1. The van der Waals surface area contributed by atoms with E-state index in [4.69, 9.17) is 25.6 Å². The van der Waals surface area contributed by atoms with Crippen molar-refractivity contribution in [3.8, 4) is 22.9 Å². The van der Waals surface area contributed by atoms with E-state index in [0.29, 0.717) is 39.2 Å². The second-order valence-electron chi connectivity index (χ2n) is 6.84. The Morgan fingerprint density at radius 3 is 2.32 bits per heavy atom. The van der Waals surface area contributed by atoms with E-state index in [1.54, 1.807) is 48.6 Å². The van der Waals surface area contributed by atoms with Gasteiger partial charge in [0.1, 0.15) is 5.69 Å². The van der Waals surface area contributed by atoms with Crippen molar-refractivity contribution >= 4 is 39.7 Å². The van der Waals surface area contributed by atoms with Crippen LogP contribution in [-0.4, -0.2) is 51.4 Å². The number of halogens is 1. The van der Waals surface area contributed by atoms with Gasteiger partial charge in [-0.15, -0.1) is 8.42 Å². The van der Waals surface area contributed by atoms with Crippen LogP contribution in [0.2, 0.25) is 5.02 Å².